The fourth-order valence-corrected chi connectivity index (χ4v) is 6.50. The Kier molecular flexibility index (Phi) is 7.94. The van der Waals surface area contributed by atoms with Crippen molar-refractivity contribution in [2.75, 3.05) is 13.2 Å². The van der Waals surface area contributed by atoms with Crippen LogP contribution in [-0.2, 0) is 36.3 Å². The largest absolute Gasteiger partial charge is 0.483 e. The van der Waals surface area contributed by atoms with E-state index >= 15 is 0 Å². The van der Waals surface area contributed by atoms with E-state index in [1.165, 1.54) is 6.07 Å². The molecule has 0 radical (unpaired) electrons. The maximum absolute atomic E-state index is 14.1. The summed E-state index contributed by atoms with van der Waals surface area (Å²) < 4.78 is 76.8. The van der Waals surface area contributed by atoms with Crippen LogP contribution in [0.3, 0.4) is 0 Å². The molecule has 1 saturated heterocycles. The number of alkyl halides is 2. The monoisotopic (exact) mass is 565 g/mol. The molecule has 3 aromatic rings. The Hall–Kier alpha value is -2.50. The van der Waals surface area contributed by atoms with Crippen LogP contribution >= 0.6 is 0 Å². The molecule has 2 atom stereocenters. The van der Waals surface area contributed by atoms with Crippen LogP contribution in [0.5, 0.6) is 5.75 Å². The average Bonchev–Trinajstić information content (AvgIpc) is 2.87. The zero-order valence-corrected chi connectivity index (χ0v) is 23.2. The molecule has 0 amide bonds. The van der Waals surface area contributed by atoms with Gasteiger partial charge in [0, 0.05) is 17.0 Å². The molecule has 204 valence electrons. The maximum atomic E-state index is 14.1. The predicted octanol–water partition coefficient (Wildman–Crippen LogP) is 6.28. The molecule has 0 bridgehead atoms. The quantitative estimate of drug-likeness (QED) is 0.256. The van der Waals surface area contributed by atoms with Gasteiger partial charge in [0.15, 0.2) is 26.6 Å². The Balaban J connectivity index is 1.66. The van der Waals surface area contributed by atoms with Crippen molar-refractivity contribution >= 4 is 21.0 Å². The van der Waals surface area contributed by atoms with Gasteiger partial charge in [0.1, 0.15) is 5.75 Å². The van der Waals surface area contributed by atoms with Gasteiger partial charge in [0.2, 0.25) is 0 Å². The summed E-state index contributed by atoms with van der Waals surface area (Å²) in [5, 5.41) is -4.46. The fraction of sp³-hybridized carbons (Fsp3) is 0.357. The van der Waals surface area contributed by atoms with Crippen LogP contribution in [0.15, 0.2) is 93.5 Å². The first-order valence-corrected chi connectivity index (χ1v) is 14.7. The normalized spacial score (nSPS) is 18.9. The number of benzene rings is 3. The molecule has 0 aliphatic carbocycles. The standard InChI is InChI=1S/C28H30F2O6S2/c1-20(28(29,30)38(31,32)33)36-22-9-8-12-25(17-22)37(23-10-6-5-7-11-23)24-15-13-21(14-16-24)27(4)34-18-26(2,3)19-35-27/h5-17,20H,18-19H2,1-4H3/p+1. The van der Waals surface area contributed by atoms with Crippen molar-refractivity contribution in [2.45, 2.75) is 59.5 Å². The minimum atomic E-state index is -5.64. The Morgan fingerprint density at radius 2 is 1.45 bits per heavy atom. The molecule has 0 saturated carbocycles. The Labute approximate surface area is 225 Å². The van der Waals surface area contributed by atoms with Gasteiger partial charge in [-0.15, -0.1) is 0 Å². The van der Waals surface area contributed by atoms with E-state index in [0.717, 1.165) is 27.2 Å². The lowest BCUT2D eigenvalue weighted by Crippen LogP contribution is -2.43. The summed E-state index contributed by atoms with van der Waals surface area (Å²) in [7, 11) is -6.27. The Morgan fingerprint density at radius 3 is 2.03 bits per heavy atom. The molecule has 38 heavy (non-hydrogen) atoms. The van der Waals surface area contributed by atoms with E-state index in [9.17, 15) is 17.2 Å². The second-order valence-electron chi connectivity index (χ2n) is 10.1. The third kappa shape index (κ3) is 6.05. The van der Waals surface area contributed by atoms with Crippen molar-refractivity contribution in [1.82, 2.24) is 0 Å². The minimum Gasteiger partial charge on any atom is -0.483 e. The lowest BCUT2D eigenvalue weighted by atomic mass is 9.94. The van der Waals surface area contributed by atoms with E-state index in [-0.39, 0.29) is 11.2 Å². The highest BCUT2D eigenvalue weighted by molar-refractivity contribution is 7.97. The molecule has 2 unspecified atom stereocenters. The Morgan fingerprint density at radius 1 is 0.895 bits per heavy atom. The summed E-state index contributed by atoms with van der Waals surface area (Å²) in [6, 6.07) is 24.2. The third-order valence-corrected chi connectivity index (χ3v) is 9.47. The molecular formula is C28H31F2O6S2+. The van der Waals surface area contributed by atoms with Gasteiger partial charge >= 0.3 is 15.4 Å². The van der Waals surface area contributed by atoms with E-state index in [1.54, 1.807) is 12.1 Å². The van der Waals surface area contributed by atoms with Gasteiger partial charge in [0.25, 0.3) is 0 Å². The second kappa shape index (κ2) is 10.6. The summed E-state index contributed by atoms with van der Waals surface area (Å²) in [5.41, 5.74) is 0.821. The van der Waals surface area contributed by atoms with Crippen molar-refractivity contribution in [3.05, 3.63) is 84.4 Å². The molecule has 10 heteroatoms. The predicted molar refractivity (Wildman–Crippen MR) is 141 cm³/mol. The molecule has 1 heterocycles. The number of ether oxygens (including phenoxy) is 3. The third-order valence-electron chi connectivity index (χ3n) is 6.24. The van der Waals surface area contributed by atoms with Crippen LogP contribution in [0.1, 0.15) is 33.3 Å². The number of halogens is 2. The molecule has 1 aliphatic heterocycles. The van der Waals surface area contributed by atoms with Crippen molar-refractivity contribution in [3.63, 3.8) is 0 Å². The SMILES string of the molecule is CC(Oc1cccc([S+](c2ccccc2)c2ccc(C3(C)OCC(C)(C)CO3)cc2)c1)C(F)(F)S(=O)(=O)O. The van der Waals surface area contributed by atoms with Crippen LogP contribution in [0.2, 0.25) is 0 Å². The van der Waals surface area contributed by atoms with Crippen LogP contribution in [0.25, 0.3) is 0 Å². The van der Waals surface area contributed by atoms with Gasteiger partial charge in [0.05, 0.1) is 24.1 Å². The first kappa shape index (κ1) is 28.5. The lowest BCUT2D eigenvalue weighted by Gasteiger charge is -2.41. The van der Waals surface area contributed by atoms with Gasteiger partial charge < -0.3 is 14.2 Å². The zero-order chi connectivity index (χ0) is 27.8. The van der Waals surface area contributed by atoms with Crippen molar-refractivity contribution in [1.29, 1.82) is 0 Å². The van der Waals surface area contributed by atoms with Crippen LogP contribution in [-0.4, -0.2) is 37.5 Å². The van der Waals surface area contributed by atoms with Gasteiger partial charge in [-0.1, -0.05) is 38.1 Å². The summed E-state index contributed by atoms with van der Waals surface area (Å²) in [6.07, 6.45) is -2.10. The van der Waals surface area contributed by atoms with Crippen molar-refractivity contribution in [3.8, 4) is 5.75 Å². The molecule has 1 N–H and O–H groups in total. The molecule has 3 aromatic carbocycles. The van der Waals surface area contributed by atoms with Crippen LogP contribution in [0, 0.1) is 5.41 Å². The van der Waals surface area contributed by atoms with Gasteiger partial charge in [-0.05, 0) is 62.4 Å². The zero-order valence-electron chi connectivity index (χ0n) is 21.6. The summed E-state index contributed by atoms with van der Waals surface area (Å²) >= 11 is 0. The van der Waals surface area contributed by atoms with Gasteiger partial charge in [-0.25, -0.2) is 0 Å². The molecule has 1 fully saturated rings. The molecule has 4 rings (SSSR count). The van der Waals surface area contributed by atoms with E-state index in [2.05, 4.69) is 13.8 Å². The summed E-state index contributed by atoms with van der Waals surface area (Å²) in [4.78, 5) is 2.74. The number of hydrogen-bond donors (Lipinski definition) is 1. The highest BCUT2D eigenvalue weighted by atomic mass is 32.2. The number of hydrogen-bond acceptors (Lipinski definition) is 5. The first-order chi connectivity index (χ1) is 17.7. The van der Waals surface area contributed by atoms with Gasteiger partial charge in [-0.3, -0.25) is 4.55 Å². The van der Waals surface area contributed by atoms with Crippen LogP contribution < -0.4 is 4.74 Å². The van der Waals surface area contributed by atoms with Crippen molar-refractivity contribution in [2.24, 2.45) is 5.41 Å². The highest BCUT2D eigenvalue weighted by Gasteiger charge is 2.51. The highest BCUT2D eigenvalue weighted by Crippen LogP contribution is 2.38. The number of rotatable bonds is 8. The summed E-state index contributed by atoms with van der Waals surface area (Å²) in [5.74, 6) is -0.802. The summed E-state index contributed by atoms with van der Waals surface area (Å²) in [6.45, 7) is 8.11. The topological polar surface area (TPSA) is 82.1 Å². The maximum Gasteiger partial charge on any atom is 0.405 e. The first-order valence-electron chi connectivity index (χ1n) is 12.0. The molecule has 0 aromatic heterocycles. The molecule has 1 aliphatic rings. The van der Waals surface area contributed by atoms with E-state index in [0.29, 0.717) is 13.2 Å². The molecule has 0 spiro atoms. The Bertz CT molecular complexity index is 1350. The van der Waals surface area contributed by atoms with E-state index in [1.807, 2.05) is 67.6 Å². The lowest BCUT2D eigenvalue weighted by molar-refractivity contribution is -0.298. The average molecular weight is 566 g/mol. The second-order valence-corrected chi connectivity index (χ2v) is 13.6. The van der Waals surface area contributed by atoms with Crippen molar-refractivity contribution < 1.29 is 36.0 Å². The minimum absolute atomic E-state index is 0.0579. The van der Waals surface area contributed by atoms with Gasteiger partial charge in [-0.2, -0.15) is 17.2 Å². The fourth-order valence-electron chi connectivity index (χ4n) is 3.93. The molecule has 6 nitrogen and oxygen atoms in total. The van der Waals surface area contributed by atoms with E-state index in [4.69, 9.17) is 18.8 Å². The molecular weight excluding hydrogens is 534 g/mol. The smallest absolute Gasteiger partial charge is 0.405 e. The van der Waals surface area contributed by atoms with Crippen LogP contribution in [0.4, 0.5) is 8.78 Å². The van der Waals surface area contributed by atoms with E-state index < -0.39 is 38.2 Å².